The van der Waals surface area contributed by atoms with E-state index in [1.807, 2.05) is 11.6 Å². The lowest BCUT2D eigenvalue weighted by atomic mass is 10.1. The zero-order chi connectivity index (χ0) is 21.9. The van der Waals surface area contributed by atoms with Gasteiger partial charge in [0, 0.05) is 11.3 Å². The minimum Gasteiger partial charge on any atom is -0.307 e. The van der Waals surface area contributed by atoms with E-state index in [-0.39, 0.29) is 21.0 Å². The van der Waals surface area contributed by atoms with Crippen molar-refractivity contribution >= 4 is 31.8 Å². The molecule has 8 nitrogen and oxygen atoms in total. The maximum atomic E-state index is 12.4. The van der Waals surface area contributed by atoms with Crippen LogP contribution in [-0.2, 0) is 20.0 Å². The van der Waals surface area contributed by atoms with Gasteiger partial charge in [-0.05, 0) is 42.8 Å². The molecule has 3 rings (SSSR count). The van der Waals surface area contributed by atoms with E-state index in [4.69, 9.17) is 5.14 Å². The van der Waals surface area contributed by atoms with Crippen LogP contribution in [0.15, 0.2) is 82.6 Å². The largest absolute Gasteiger partial charge is 0.333 e. The molecule has 0 spiro atoms. The molecule has 10 heteroatoms. The first-order valence-corrected chi connectivity index (χ1v) is 11.7. The SMILES string of the molecule is Cc1ccc(S(=O)(=O)NC(=O)Nc2ccc(S(N)(=O)=O)c(-c3ccccc3)c2)cc1. The molecule has 3 aromatic rings. The molecule has 0 atom stereocenters. The van der Waals surface area contributed by atoms with Gasteiger partial charge in [-0.3, -0.25) is 0 Å². The molecule has 0 saturated carbocycles. The van der Waals surface area contributed by atoms with Crippen molar-refractivity contribution in [1.82, 2.24) is 4.72 Å². The van der Waals surface area contributed by atoms with E-state index in [9.17, 15) is 21.6 Å². The van der Waals surface area contributed by atoms with Crippen molar-refractivity contribution in [3.8, 4) is 11.1 Å². The summed E-state index contributed by atoms with van der Waals surface area (Å²) in [7, 11) is -8.09. The molecule has 30 heavy (non-hydrogen) atoms. The predicted octanol–water partition coefficient (Wildman–Crippen LogP) is 2.82. The number of aryl methyl sites for hydroxylation is 1. The highest BCUT2D eigenvalue weighted by molar-refractivity contribution is 7.90. The Morgan fingerprint density at radius 3 is 2.10 bits per heavy atom. The molecule has 0 radical (unpaired) electrons. The van der Waals surface area contributed by atoms with Crippen molar-refractivity contribution < 1.29 is 21.6 Å². The number of amides is 2. The molecule has 0 heterocycles. The number of rotatable bonds is 5. The zero-order valence-electron chi connectivity index (χ0n) is 15.9. The Morgan fingerprint density at radius 1 is 0.867 bits per heavy atom. The lowest BCUT2D eigenvalue weighted by molar-refractivity contribution is 0.256. The lowest BCUT2D eigenvalue weighted by Crippen LogP contribution is -2.34. The number of carbonyl (C=O) groups is 1. The zero-order valence-corrected chi connectivity index (χ0v) is 17.5. The van der Waals surface area contributed by atoms with Crippen molar-refractivity contribution in [2.24, 2.45) is 5.14 Å². The number of anilines is 1. The van der Waals surface area contributed by atoms with Gasteiger partial charge in [-0.2, -0.15) is 0 Å². The average molecular weight is 446 g/mol. The second kappa shape index (κ2) is 8.27. The molecular weight excluding hydrogens is 426 g/mol. The number of benzene rings is 3. The van der Waals surface area contributed by atoms with Gasteiger partial charge in [-0.15, -0.1) is 0 Å². The predicted molar refractivity (Wildman–Crippen MR) is 114 cm³/mol. The minimum atomic E-state index is -4.07. The quantitative estimate of drug-likeness (QED) is 0.555. The van der Waals surface area contributed by atoms with Gasteiger partial charge in [0.25, 0.3) is 10.0 Å². The van der Waals surface area contributed by atoms with Crippen LogP contribution >= 0.6 is 0 Å². The smallest absolute Gasteiger partial charge is 0.307 e. The van der Waals surface area contributed by atoms with Crippen LogP contribution in [0.3, 0.4) is 0 Å². The van der Waals surface area contributed by atoms with Crippen molar-refractivity contribution in [2.75, 3.05) is 5.32 Å². The van der Waals surface area contributed by atoms with Crippen LogP contribution in [-0.4, -0.2) is 22.9 Å². The molecule has 0 aliphatic rings. The van der Waals surface area contributed by atoms with Crippen LogP contribution < -0.4 is 15.2 Å². The van der Waals surface area contributed by atoms with Gasteiger partial charge in [0.1, 0.15) is 0 Å². The van der Waals surface area contributed by atoms with E-state index >= 15 is 0 Å². The lowest BCUT2D eigenvalue weighted by Gasteiger charge is -2.13. The average Bonchev–Trinajstić information content (AvgIpc) is 2.67. The summed E-state index contributed by atoms with van der Waals surface area (Å²) in [5.41, 5.74) is 1.91. The normalized spacial score (nSPS) is 11.7. The number of hydrogen-bond acceptors (Lipinski definition) is 5. The summed E-state index contributed by atoms with van der Waals surface area (Å²) in [6, 6.07) is 17.6. The van der Waals surface area contributed by atoms with E-state index in [0.717, 1.165) is 5.56 Å². The second-order valence-corrected chi connectivity index (χ2v) is 9.71. The molecule has 3 aromatic carbocycles. The minimum absolute atomic E-state index is 0.0576. The second-order valence-electron chi connectivity index (χ2n) is 6.49. The summed E-state index contributed by atoms with van der Waals surface area (Å²) in [6.45, 7) is 1.81. The first-order chi connectivity index (χ1) is 14.1. The summed E-state index contributed by atoms with van der Waals surface area (Å²) in [5, 5.41) is 7.70. The summed E-state index contributed by atoms with van der Waals surface area (Å²) < 4.78 is 50.5. The van der Waals surface area contributed by atoms with E-state index in [2.05, 4.69) is 5.32 Å². The molecular formula is C20H19N3O5S2. The molecule has 4 N–H and O–H groups in total. The highest BCUT2D eigenvalue weighted by Gasteiger charge is 2.19. The highest BCUT2D eigenvalue weighted by atomic mass is 32.2. The van der Waals surface area contributed by atoms with Crippen LogP contribution in [0, 0.1) is 6.92 Å². The first-order valence-electron chi connectivity index (χ1n) is 8.69. The van der Waals surface area contributed by atoms with Crippen LogP contribution in [0.2, 0.25) is 0 Å². The maximum absolute atomic E-state index is 12.4. The Bertz CT molecular complexity index is 1290. The third-order valence-electron chi connectivity index (χ3n) is 4.19. The fraction of sp³-hybridized carbons (Fsp3) is 0.0500. The molecule has 0 fully saturated rings. The van der Waals surface area contributed by atoms with Gasteiger partial charge in [0.2, 0.25) is 10.0 Å². The fourth-order valence-corrected chi connectivity index (χ4v) is 4.40. The molecule has 156 valence electrons. The van der Waals surface area contributed by atoms with E-state index < -0.39 is 26.1 Å². The van der Waals surface area contributed by atoms with Crippen molar-refractivity contribution in [3.05, 3.63) is 78.4 Å². The maximum Gasteiger partial charge on any atom is 0.333 e. The van der Waals surface area contributed by atoms with Crippen LogP contribution in [0.4, 0.5) is 10.5 Å². The molecule has 0 aromatic heterocycles. The number of hydrogen-bond donors (Lipinski definition) is 3. The molecule has 0 saturated heterocycles. The Labute approximate surface area is 174 Å². The van der Waals surface area contributed by atoms with Crippen molar-refractivity contribution in [1.29, 1.82) is 0 Å². The first kappa shape index (κ1) is 21.5. The van der Waals surface area contributed by atoms with Crippen LogP contribution in [0.5, 0.6) is 0 Å². The summed E-state index contributed by atoms with van der Waals surface area (Å²) in [5.74, 6) is 0. The van der Waals surface area contributed by atoms with Gasteiger partial charge < -0.3 is 5.32 Å². The van der Waals surface area contributed by atoms with E-state index in [1.165, 1.54) is 30.3 Å². The van der Waals surface area contributed by atoms with E-state index in [1.54, 1.807) is 42.5 Å². The standard InChI is InChI=1S/C20H19N3O5S2/c1-14-7-10-17(11-8-14)30(27,28)23-20(24)22-16-9-12-19(29(21,25)26)18(13-16)15-5-3-2-4-6-15/h2-13H,1H3,(H2,21,25,26)(H2,22,23,24). The van der Waals surface area contributed by atoms with Gasteiger partial charge in [0.05, 0.1) is 9.79 Å². The highest BCUT2D eigenvalue weighted by Crippen LogP contribution is 2.29. The number of carbonyl (C=O) groups excluding carboxylic acids is 1. The van der Waals surface area contributed by atoms with Gasteiger partial charge >= 0.3 is 6.03 Å². The summed E-state index contributed by atoms with van der Waals surface area (Å²) in [6.07, 6.45) is 0. The third-order valence-corrected chi connectivity index (χ3v) is 6.50. The van der Waals surface area contributed by atoms with Crippen molar-refractivity contribution in [2.45, 2.75) is 16.7 Å². The van der Waals surface area contributed by atoms with Crippen LogP contribution in [0.25, 0.3) is 11.1 Å². The molecule has 0 aliphatic carbocycles. The Balaban J connectivity index is 1.88. The molecule has 0 unspecified atom stereocenters. The summed E-state index contributed by atoms with van der Waals surface area (Å²) >= 11 is 0. The third kappa shape index (κ3) is 5.03. The Hall–Kier alpha value is -3.21. The Morgan fingerprint density at radius 2 is 1.50 bits per heavy atom. The van der Waals surface area contributed by atoms with Crippen LogP contribution in [0.1, 0.15) is 5.56 Å². The molecule has 0 aliphatic heterocycles. The number of urea groups is 1. The fourth-order valence-electron chi connectivity index (χ4n) is 2.75. The Kier molecular flexibility index (Phi) is 5.92. The number of primary sulfonamides is 1. The summed E-state index contributed by atoms with van der Waals surface area (Å²) in [4.78, 5) is 12.1. The van der Waals surface area contributed by atoms with Crippen molar-refractivity contribution in [3.63, 3.8) is 0 Å². The van der Waals surface area contributed by atoms with E-state index in [0.29, 0.717) is 5.56 Å². The molecule has 2 amide bonds. The topological polar surface area (TPSA) is 135 Å². The van der Waals surface area contributed by atoms with Gasteiger partial charge in [-0.1, -0.05) is 48.0 Å². The van der Waals surface area contributed by atoms with Gasteiger partial charge in [-0.25, -0.2) is 31.5 Å². The van der Waals surface area contributed by atoms with Gasteiger partial charge in [0.15, 0.2) is 0 Å². The molecule has 0 bridgehead atoms. The number of nitrogens with one attached hydrogen (secondary N) is 2. The number of sulfonamides is 2. The number of nitrogens with two attached hydrogens (primary N) is 1. The monoisotopic (exact) mass is 445 g/mol.